The molecule has 0 aliphatic carbocycles. The Hall–Kier alpha value is -2.47. The summed E-state index contributed by atoms with van der Waals surface area (Å²) >= 11 is 5.98. The van der Waals surface area contributed by atoms with Gasteiger partial charge in [0.2, 0.25) is 0 Å². The molecule has 1 aromatic carbocycles. The molecule has 19 heavy (non-hydrogen) atoms. The quantitative estimate of drug-likeness (QED) is 0.498. The summed E-state index contributed by atoms with van der Waals surface area (Å²) in [5.74, 6) is 0. The largest absolute Gasteiger partial charge is 0.422 e. The monoisotopic (exact) mass is 271 g/mol. The van der Waals surface area contributed by atoms with Crippen molar-refractivity contribution in [3.8, 4) is 6.01 Å². The van der Waals surface area contributed by atoms with E-state index in [1.54, 1.807) is 6.20 Å². The molecule has 3 aromatic heterocycles. The van der Waals surface area contributed by atoms with E-state index in [9.17, 15) is 0 Å². The fraction of sp³-hybridized carbons (Fsp3) is 0. The number of hydrogen-bond acceptors (Lipinski definition) is 5. The van der Waals surface area contributed by atoms with Crippen LogP contribution in [0, 0.1) is 0 Å². The maximum absolute atomic E-state index is 5.98. The number of aromatic nitrogens is 5. The fourth-order valence-electron chi connectivity index (χ4n) is 1.91. The van der Waals surface area contributed by atoms with Gasteiger partial charge in [-0.15, -0.1) is 0 Å². The number of halogens is 1. The Bertz CT molecular complexity index is 864. The number of rotatable bonds is 1. The Balaban J connectivity index is 2.01. The number of benzene rings is 1. The number of oxazole rings is 1. The molecule has 0 bridgehead atoms. The van der Waals surface area contributed by atoms with Crippen molar-refractivity contribution in [2.45, 2.75) is 0 Å². The highest BCUT2D eigenvalue weighted by Crippen LogP contribution is 2.23. The second-order valence-corrected chi connectivity index (χ2v) is 4.28. The molecule has 4 aromatic rings. The zero-order chi connectivity index (χ0) is 12.8. The number of nitrogens with zero attached hydrogens (tertiary/aromatic N) is 5. The predicted molar refractivity (Wildman–Crippen MR) is 69.2 cm³/mol. The van der Waals surface area contributed by atoms with Crippen molar-refractivity contribution in [3.05, 3.63) is 41.9 Å². The zero-order valence-electron chi connectivity index (χ0n) is 9.49. The average Bonchev–Trinajstić information content (AvgIpc) is 3.02. The lowest BCUT2D eigenvalue weighted by molar-refractivity contribution is 0.548. The maximum atomic E-state index is 5.98. The van der Waals surface area contributed by atoms with Crippen LogP contribution in [-0.4, -0.2) is 24.7 Å². The van der Waals surface area contributed by atoms with E-state index in [1.165, 1.54) is 11.0 Å². The van der Waals surface area contributed by atoms with Gasteiger partial charge >= 0.3 is 6.01 Å². The second kappa shape index (κ2) is 3.76. The van der Waals surface area contributed by atoms with Crippen LogP contribution in [0.2, 0.25) is 5.15 Å². The van der Waals surface area contributed by atoms with Crippen LogP contribution in [0.25, 0.3) is 28.1 Å². The van der Waals surface area contributed by atoms with Gasteiger partial charge in [-0.1, -0.05) is 23.7 Å². The van der Waals surface area contributed by atoms with Gasteiger partial charge in [0.05, 0.1) is 11.6 Å². The molecular formula is C12H6ClN5O. The first kappa shape index (κ1) is 10.5. The lowest BCUT2D eigenvalue weighted by atomic mass is 10.3. The van der Waals surface area contributed by atoms with Crippen LogP contribution < -0.4 is 0 Å². The molecule has 0 saturated carbocycles. The highest BCUT2D eigenvalue weighted by molar-refractivity contribution is 6.33. The second-order valence-electron chi connectivity index (χ2n) is 3.92. The Labute approximate surface area is 111 Å². The molecule has 0 N–H and O–H groups in total. The maximum Gasteiger partial charge on any atom is 0.325 e. The summed E-state index contributed by atoms with van der Waals surface area (Å²) in [7, 11) is 0. The topological polar surface area (TPSA) is 69.6 Å². The SMILES string of the molecule is Clc1ncnc2c1cnn2-c1nc2ccccc2o1. The van der Waals surface area contributed by atoms with Crippen LogP contribution in [0.5, 0.6) is 0 Å². The van der Waals surface area contributed by atoms with Gasteiger partial charge in [0.15, 0.2) is 11.2 Å². The Morgan fingerprint density at radius 1 is 1.16 bits per heavy atom. The predicted octanol–water partition coefficient (Wildman–Crippen LogP) is 2.61. The summed E-state index contributed by atoms with van der Waals surface area (Å²) < 4.78 is 7.15. The molecule has 0 atom stereocenters. The highest BCUT2D eigenvalue weighted by atomic mass is 35.5. The van der Waals surface area contributed by atoms with E-state index in [0.717, 1.165) is 5.52 Å². The van der Waals surface area contributed by atoms with E-state index in [0.29, 0.717) is 27.8 Å². The summed E-state index contributed by atoms with van der Waals surface area (Å²) in [5.41, 5.74) is 2.02. The Morgan fingerprint density at radius 2 is 2.05 bits per heavy atom. The summed E-state index contributed by atoms with van der Waals surface area (Å²) in [4.78, 5) is 12.4. The summed E-state index contributed by atoms with van der Waals surface area (Å²) in [6.07, 6.45) is 2.97. The molecule has 0 fully saturated rings. The number of fused-ring (bicyclic) bond motifs is 2. The first-order chi connectivity index (χ1) is 9.33. The van der Waals surface area contributed by atoms with Gasteiger partial charge in [0.1, 0.15) is 17.0 Å². The fourth-order valence-corrected chi connectivity index (χ4v) is 2.08. The molecule has 0 unspecified atom stereocenters. The highest BCUT2D eigenvalue weighted by Gasteiger charge is 2.14. The van der Waals surface area contributed by atoms with Crippen molar-refractivity contribution in [1.82, 2.24) is 24.7 Å². The van der Waals surface area contributed by atoms with E-state index < -0.39 is 0 Å². The molecule has 92 valence electrons. The minimum absolute atomic E-state index is 0.353. The molecule has 0 aliphatic heterocycles. The van der Waals surface area contributed by atoms with Crippen LogP contribution in [0.3, 0.4) is 0 Å². The third-order valence-corrected chi connectivity index (χ3v) is 3.08. The zero-order valence-corrected chi connectivity index (χ0v) is 10.2. The van der Waals surface area contributed by atoms with Crippen LogP contribution >= 0.6 is 11.6 Å². The number of para-hydroxylation sites is 2. The van der Waals surface area contributed by atoms with Crippen molar-refractivity contribution in [2.24, 2.45) is 0 Å². The Kier molecular flexibility index (Phi) is 2.07. The third kappa shape index (κ3) is 1.50. The third-order valence-electron chi connectivity index (χ3n) is 2.78. The van der Waals surface area contributed by atoms with Crippen molar-refractivity contribution in [2.75, 3.05) is 0 Å². The van der Waals surface area contributed by atoms with E-state index in [2.05, 4.69) is 20.1 Å². The van der Waals surface area contributed by atoms with Crippen molar-refractivity contribution >= 4 is 33.7 Å². The van der Waals surface area contributed by atoms with E-state index in [-0.39, 0.29) is 0 Å². The first-order valence-electron chi connectivity index (χ1n) is 5.53. The van der Waals surface area contributed by atoms with E-state index in [1.807, 2.05) is 24.3 Å². The van der Waals surface area contributed by atoms with E-state index >= 15 is 0 Å². The van der Waals surface area contributed by atoms with Crippen LogP contribution in [0.4, 0.5) is 0 Å². The average molecular weight is 272 g/mol. The van der Waals surface area contributed by atoms with Crippen molar-refractivity contribution in [1.29, 1.82) is 0 Å². The minimum Gasteiger partial charge on any atom is -0.422 e. The summed E-state index contributed by atoms with van der Waals surface area (Å²) in [6.45, 7) is 0. The van der Waals surface area contributed by atoms with Gasteiger partial charge in [0.25, 0.3) is 0 Å². The standard InChI is InChI=1S/C12H6ClN5O/c13-10-7-5-16-18(11(7)15-6-14-10)12-17-8-3-1-2-4-9(8)19-12/h1-6H. The normalized spacial score (nSPS) is 11.4. The van der Waals surface area contributed by atoms with Crippen LogP contribution in [0.15, 0.2) is 41.2 Å². The number of hydrogen-bond donors (Lipinski definition) is 0. The molecule has 0 spiro atoms. The van der Waals surface area contributed by atoms with Gasteiger partial charge in [-0.2, -0.15) is 14.8 Å². The molecule has 0 saturated heterocycles. The van der Waals surface area contributed by atoms with E-state index in [4.69, 9.17) is 16.0 Å². The molecule has 7 heteroatoms. The molecule has 0 radical (unpaired) electrons. The molecule has 0 aliphatic rings. The van der Waals surface area contributed by atoms with Gasteiger partial charge in [-0.25, -0.2) is 9.97 Å². The lowest BCUT2D eigenvalue weighted by Crippen LogP contribution is -1.97. The van der Waals surface area contributed by atoms with Gasteiger partial charge < -0.3 is 4.42 Å². The first-order valence-corrected chi connectivity index (χ1v) is 5.91. The summed E-state index contributed by atoms with van der Waals surface area (Å²) in [5, 5.41) is 5.21. The molecular weight excluding hydrogens is 266 g/mol. The molecule has 6 nitrogen and oxygen atoms in total. The van der Waals surface area contributed by atoms with Crippen molar-refractivity contribution < 1.29 is 4.42 Å². The van der Waals surface area contributed by atoms with Crippen LogP contribution in [0.1, 0.15) is 0 Å². The van der Waals surface area contributed by atoms with Gasteiger partial charge in [0, 0.05) is 0 Å². The molecule has 3 heterocycles. The lowest BCUT2D eigenvalue weighted by Gasteiger charge is -1.95. The van der Waals surface area contributed by atoms with Gasteiger partial charge in [-0.05, 0) is 12.1 Å². The Morgan fingerprint density at radius 3 is 2.95 bits per heavy atom. The minimum atomic E-state index is 0.353. The van der Waals surface area contributed by atoms with Crippen LogP contribution in [-0.2, 0) is 0 Å². The molecule has 0 amide bonds. The van der Waals surface area contributed by atoms with Gasteiger partial charge in [-0.3, -0.25) is 0 Å². The molecule has 4 rings (SSSR count). The van der Waals surface area contributed by atoms with Crippen molar-refractivity contribution in [3.63, 3.8) is 0 Å². The summed E-state index contributed by atoms with van der Waals surface area (Å²) in [6, 6.07) is 7.85. The smallest absolute Gasteiger partial charge is 0.325 e.